The van der Waals surface area contributed by atoms with Crippen molar-refractivity contribution >= 4 is 5.69 Å². The predicted molar refractivity (Wildman–Crippen MR) is 76.4 cm³/mol. The van der Waals surface area contributed by atoms with Crippen molar-refractivity contribution in [3.05, 3.63) is 29.8 Å². The van der Waals surface area contributed by atoms with E-state index in [1.165, 1.54) is 31.2 Å². The molecule has 0 amide bonds. The summed E-state index contributed by atoms with van der Waals surface area (Å²) < 4.78 is 6.17. The second-order valence-electron chi connectivity index (χ2n) is 6.31. The molecule has 2 rings (SSSR count). The molecule has 1 atom stereocenters. The summed E-state index contributed by atoms with van der Waals surface area (Å²) in [6.45, 7) is 6.84. The third kappa shape index (κ3) is 3.49. The third-order valence-corrected chi connectivity index (χ3v) is 4.09. The largest absolute Gasteiger partial charge is 0.399 e. The molecule has 100 valence electrons. The maximum Gasteiger partial charge on any atom is 0.0800 e. The van der Waals surface area contributed by atoms with E-state index in [1.54, 1.807) is 0 Å². The summed E-state index contributed by atoms with van der Waals surface area (Å²) in [6.07, 6.45) is 5.50. The Balaban J connectivity index is 1.88. The molecule has 18 heavy (non-hydrogen) atoms. The van der Waals surface area contributed by atoms with Crippen LogP contribution in [0.4, 0.5) is 5.69 Å². The second kappa shape index (κ2) is 5.31. The van der Waals surface area contributed by atoms with Crippen molar-refractivity contribution in [2.75, 3.05) is 5.73 Å². The fourth-order valence-electron chi connectivity index (χ4n) is 2.64. The van der Waals surface area contributed by atoms with Crippen LogP contribution in [0, 0.1) is 5.41 Å². The number of anilines is 1. The summed E-state index contributed by atoms with van der Waals surface area (Å²) in [6, 6.07) is 8.01. The summed E-state index contributed by atoms with van der Waals surface area (Å²) in [5.74, 6) is 0. The van der Waals surface area contributed by atoms with Crippen molar-refractivity contribution in [3.8, 4) is 0 Å². The van der Waals surface area contributed by atoms with E-state index < -0.39 is 0 Å². The fraction of sp³-hybridized carbons (Fsp3) is 0.625. The molecule has 2 nitrogen and oxygen atoms in total. The number of nitrogens with two attached hydrogens (primary N) is 1. The van der Waals surface area contributed by atoms with Crippen molar-refractivity contribution in [2.45, 2.75) is 58.7 Å². The molecule has 1 aromatic carbocycles. The number of rotatable bonds is 3. The quantitative estimate of drug-likeness (QED) is 0.807. The molecule has 0 heterocycles. The standard InChI is InChI=1S/C16H25NO/c1-12(13-4-6-14(17)7-5-13)18-15-8-10-16(2,3)11-9-15/h4-7,12,15H,8-11,17H2,1-3H3. The summed E-state index contributed by atoms with van der Waals surface area (Å²) >= 11 is 0. The molecular formula is C16H25NO. The van der Waals surface area contributed by atoms with Crippen LogP contribution in [-0.2, 0) is 4.74 Å². The zero-order valence-corrected chi connectivity index (χ0v) is 11.8. The van der Waals surface area contributed by atoms with E-state index in [4.69, 9.17) is 10.5 Å². The Hall–Kier alpha value is -1.02. The minimum absolute atomic E-state index is 0.164. The molecule has 1 aliphatic carbocycles. The maximum absolute atomic E-state index is 6.17. The molecule has 2 heteroatoms. The van der Waals surface area contributed by atoms with Crippen molar-refractivity contribution in [3.63, 3.8) is 0 Å². The van der Waals surface area contributed by atoms with Crippen molar-refractivity contribution in [1.82, 2.24) is 0 Å². The van der Waals surface area contributed by atoms with Crippen molar-refractivity contribution in [2.24, 2.45) is 5.41 Å². The Bertz CT molecular complexity index is 373. The highest BCUT2D eigenvalue weighted by atomic mass is 16.5. The van der Waals surface area contributed by atoms with Gasteiger partial charge in [-0.3, -0.25) is 0 Å². The smallest absolute Gasteiger partial charge is 0.0800 e. The highest BCUT2D eigenvalue weighted by Gasteiger charge is 2.28. The number of nitrogen functional groups attached to an aromatic ring is 1. The fourth-order valence-corrected chi connectivity index (χ4v) is 2.64. The van der Waals surface area contributed by atoms with Gasteiger partial charge in [-0.25, -0.2) is 0 Å². The summed E-state index contributed by atoms with van der Waals surface area (Å²) in [5.41, 5.74) is 8.23. The summed E-state index contributed by atoms with van der Waals surface area (Å²) in [4.78, 5) is 0. The first-order valence-corrected chi connectivity index (χ1v) is 6.97. The molecule has 1 aliphatic rings. The number of ether oxygens (including phenoxy) is 1. The molecule has 0 spiro atoms. The zero-order chi connectivity index (χ0) is 13.2. The van der Waals surface area contributed by atoms with Crippen molar-refractivity contribution < 1.29 is 4.74 Å². The van der Waals surface area contributed by atoms with Gasteiger partial charge in [-0.2, -0.15) is 0 Å². The lowest BCUT2D eigenvalue weighted by Crippen LogP contribution is -2.27. The average molecular weight is 247 g/mol. The monoisotopic (exact) mass is 247 g/mol. The SMILES string of the molecule is CC(OC1CCC(C)(C)CC1)c1ccc(N)cc1. The number of benzene rings is 1. The zero-order valence-electron chi connectivity index (χ0n) is 11.8. The molecule has 0 radical (unpaired) electrons. The van der Waals surface area contributed by atoms with Crippen LogP contribution >= 0.6 is 0 Å². The molecule has 1 saturated carbocycles. The lowest BCUT2D eigenvalue weighted by atomic mass is 9.76. The third-order valence-electron chi connectivity index (χ3n) is 4.09. The highest BCUT2D eigenvalue weighted by molar-refractivity contribution is 5.39. The molecule has 0 aliphatic heterocycles. The van der Waals surface area contributed by atoms with Gasteiger partial charge in [0.05, 0.1) is 12.2 Å². The van der Waals surface area contributed by atoms with Gasteiger partial charge in [-0.05, 0) is 55.7 Å². The van der Waals surface area contributed by atoms with Crippen LogP contribution in [0.2, 0.25) is 0 Å². The minimum atomic E-state index is 0.164. The Kier molecular flexibility index (Phi) is 3.96. The van der Waals surface area contributed by atoms with E-state index in [1.807, 2.05) is 12.1 Å². The molecular weight excluding hydrogens is 222 g/mol. The van der Waals surface area contributed by atoms with Gasteiger partial charge in [-0.15, -0.1) is 0 Å². The lowest BCUT2D eigenvalue weighted by molar-refractivity contribution is -0.0389. The Labute approximate surface area is 111 Å². The minimum Gasteiger partial charge on any atom is -0.399 e. The molecule has 1 unspecified atom stereocenters. The summed E-state index contributed by atoms with van der Waals surface area (Å²) in [5, 5.41) is 0. The Morgan fingerprint density at radius 2 is 1.72 bits per heavy atom. The first-order chi connectivity index (χ1) is 8.46. The number of hydrogen-bond donors (Lipinski definition) is 1. The molecule has 0 aromatic heterocycles. The normalized spacial score (nSPS) is 21.7. The van der Waals surface area contributed by atoms with Crippen LogP contribution in [0.15, 0.2) is 24.3 Å². The molecule has 0 saturated heterocycles. The van der Waals surface area contributed by atoms with E-state index in [0.717, 1.165) is 5.69 Å². The van der Waals surface area contributed by atoms with E-state index >= 15 is 0 Å². The van der Waals surface area contributed by atoms with Crippen LogP contribution in [0.5, 0.6) is 0 Å². The lowest BCUT2D eigenvalue weighted by Gasteiger charge is -2.35. The van der Waals surface area contributed by atoms with Gasteiger partial charge in [0.1, 0.15) is 0 Å². The van der Waals surface area contributed by atoms with Crippen LogP contribution in [0.1, 0.15) is 58.1 Å². The Morgan fingerprint density at radius 3 is 2.28 bits per heavy atom. The van der Waals surface area contributed by atoms with Crippen molar-refractivity contribution in [1.29, 1.82) is 0 Å². The highest BCUT2D eigenvalue weighted by Crippen LogP contribution is 2.37. The van der Waals surface area contributed by atoms with Gasteiger partial charge in [0.2, 0.25) is 0 Å². The first kappa shape index (κ1) is 13.4. The van der Waals surface area contributed by atoms with Gasteiger partial charge in [0.15, 0.2) is 0 Å². The van der Waals surface area contributed by atoms with E-state index in [2.05, 4.69) is 32.9 Å². The maximum atomic E-state index is 6.17. The van der Waals surface area contributed by atoms with E-state index in [-0.39, 0.29) is 6.10 Å². The molecule has 1 fully saturated rings. The number of hydrogen-bond acceptors (Lipinski definition) is 2. The molecule has 1 aromatic rings. The van der Waals surface area contributed by atoms with Gasteiger partial charge in [0, 0.05) is 5.69 Å². The second-order valence-corrected chi connectivity index (χ2v) is 6.31. The van der Waals surface area contributed by atoms with Crippen LogP contribution < -0.4 is 5.73 Å². The average Bonchev–Trinajstić information content (AvgIpc) is 2.33. The predicted octanol–water partition coefficient (Wildman–Crippen LogP) is 4.32. The van der Waals surface area contributed by atoms with Gasteiger partial charge >= 0.3 is 0 Å². The van der Waals surface area contributed by atoms with Crippen LogP contribution in [0.3, 0.4) is 0 Å². The molecule has 2 N–H and O–H groups in total. The van der Waals surface area contributed by atoms with E-state index in [9.17, 15) is 0 Å². The summed E-state index contributed by atoms with van der Waals surface area (Å²) in [7, 11) is 0. The van der Waals surface area contributed by atoms with E-state index in [0.29, 0.717) is 11.5 Å². The van der Waals surface area contributed by atoms with Gasteiger partial charge in [0.25, 0.3) is 0 Å². The topological polar surface area (TPSA) is 35.2 Å². The van der Waals surface area contributed by atoms with Gasteiger partial charge in [-0.1, -0.05) is 26.0 Å². The Morgan fingerprint density at radius 1 is 1.17 bits per heavy atom. The van der Waals surface area contributed by atoms with Crippen LogP contribution in [0.25, 0.3) is 0 Å². The first-order valence-electron chi connectivity index (χ1n) is 6.97. The molecule has 0 bridgehead atoms. The van der Waals surface area contributed by atoms with Gasteiger partial charge < -0.3 is 10.5 Å². The van der Waals surface area contributed by atoms with Crippen LogP contribution in [-0.4, -0.2) is 6.10 Å².